The van der Waals surface area contributed by atoms with Gasteiger partial charge in [0, 0.05) is 6.42 Å². The topological polar surface area (TPSA) is 35.5 Å². The van der Waals surface area contributed by atoms with E-state index in [9.17, 15) is 4.79 Å². The third kappa shape index (κ3) is 5.71. The van der Waals surface area contributed by atoms with E-state index in [1.54, 1.807) is 0 Å². The maximum Gasteiger partial charge on any atom is 0.306 e. The van der Waals surface area contributed by atoms with Gasteiger partial charge in [-0.05, 0) is 37.5 Å². The van der Waals surface area contributed by atoms with E-state index in [4.69, 9.17) is 9.47 Å². The minimum atomic E-state index is -0.144. The van der Waals surface area contributed by atoms with E-state index in [2.05, 4.69) is 6.92 Å². The summed E-state index contributed by atoms with van der Waals surface area (Å²) in [5, 5.41) is 0. The number of carbonyl (C=O) groups is 1. The van der Waals surface area contributed by atoms with E-state index in [0.717, 1.165) is 30.8 Å². The molecule has 0 amide bonds. The number of benzene rings is 1. The molecule has 1 aromatic carbocycles. The van der Waals surface area contributed by atoms with Crippen molar-refractivity contribution in [2.24, 2.45) is 0 Å². The Bertz CT molecular complexity index is 361. The molecule has 0 aliphatic heterocycles. The zero-order valence-electron chi connectivity index (χ0n) is 11.3. The number of hydrogen-bond acceptors (Lipinski definition) is 3. The second-order valence-corrected chi connectivity index (χ2v) is 4.15. The van der Waals surface area contributed by atoms with Crippen molar-refractivity contribution in [2.45, 2.75) is 39.5 Å². The van der Waals surface area contributed by atoms with Crippen LogP contribution in [0, 0.1) is 0 Å². The van der Waals surface area contributed by atoms with E-state index in [-0.39, 0.29) is 5.97 Å². The molecule has 3 heteroatoms. The predicted molar refractivity (Wildman–Crippen MR) is 71.8 cm³/mol. The van der Waals surface area contributed by atoms with Crippen molar-refractivity contribution in [3.63, 3.8) is 0 Å². The molecule has 100 valence electrons. The molecule has 0 fully saturated rings. The maximum absolute atomic E-state index is 11.3. The maximum atomic E-state index is 11.3. The van der Waals surface area contributed by atoms with Crippen LogP contribution < -0.4 is 4.74 Å². The van der Waals surface area contributed by atoms with Crippen molar-refractivity contribution in [2.75, 3.05) is 13.2 Å². The number of aryl methyl sites for hydroxylation is 1. The molecular weight excluding hydrogens is 228 g/mol. The fourth-order valence-corrected chi connectivity index (χ4v) is 1.60. The summed E-state index contributed by atoms with van der Waals surface area (Å²) in [4.78, 5) is 11.3. The normalized spacial score (nSPS) is 10.1. The lowest BCUT2D eigenvalue weighted by atomic mass is 10.1. The van der Waals surface area contributed by atoms with Crippen LogP contribution in [-0.2, 0) is 16.0 Å². The van der Waals surface area contributed by atoms with E-state index >= 15 is 0 Å². The quantitative estimate of drug-likeness (QED) is 0.524. The number of carbonyl (C=O) groups excluding carboxylic acids is 1. The highest BCUT2D eigenvalue weighted by Gasteiger charge is 2.03. The zero-order chi connectivity index (χ0) is 13.2. The first-order chi connectivity index (χ1) is 8.76. The average Bonchev–Trinajstić information content (AvgIpc) is 2.38. The fourth-order valence-electron chi connectivity index (χ4n) is 1.60. The molecule has 0 saturated carbocycles. The second kappa shape index (κ2) is 8.56. The Labute approximate surface area is 109 Å². The number of esters is 1. The number of rotatable bonds is 8. The molecule has 1 aromatic rings. The molecule has 0 heterocycles. The number of hydrogen-bond donors (Lipinski definition) is 0. The van der Waals surface area contributed by atoms with Crippen LogP contribution in [-0.4, -0.2) is 19.2 Å². The van der Waals surface area contributed by atoms with E-state index < -0.39 is 0 Å². The molecule has 18 heavy (non-hydrogen) atoms. The minimum absolute atomic E-state index is 0.144. The summed E-state index contributed by atoms with van der Waals surface area (Å²) in [6, 6.07) is 7.91. The summed E-state index contributed by atoms with van der Waals surface area (Å²) in [6.45, 7) is 5.15. The molecule has 0 aromatic heterocycles. The first-order valence-corrected chi connectivity index (χ1v) is 6.63. The molecule has 0 aliphatic carbocycles. The summed E-state index contributed by atoms with van der Waals surface area (Å²) >= 11 is 0. The van der Waals surface area contributed by atoms with Crippen LogP contribution in [0.2, 0.25) is 0 Å². The number of ether oxygens (including phenoxy) is 2. The van der Waals surface area contributed by atoms with E-state index in [1.165, 1.54) is 0 Å². The van der Waals surface area contributed by atoms with E-state index in [1.807, 2.05) is 31.2 Å². The van der Waals surface area contributed by atoms with Gasteiger partial charge in [0.05, 0.1) is 13.2 Å². The summed E-state index contributed by atoms with van der Waals surface area (Å²) in [5.41, 5.74) is 1.11. The van der Waals surface area contributed by atoms with Gasteiger partial charge in [0.25, 0.3) is 0 Å². The standard InChI is InChI=1S/C15H22O3/c1-3-5-11-18-14-8-6-7-13(12-14)9-10-15(16)17-4-2/h6-8,12H,3-5,9-11H2,1-2H3. The van der Waals surface area contributed by atoms with Gasteiger partial charge in [0.2, 0.25) is 0 Å². The van der Waals surface area contributed by atoms with Gasteiger partial charge in [-0.15, -0.1) is 0 Å². The zero-order valence-corrected chi connectivity index (χ0v) is 11.3. The molecule has 0 spiro atoms. The van der Waals surface area contributed by atoms with Crippen LogP contribution in [0.15, 0.2) is 24.3 Å². The van der Waals surface area contributed by atoms with E-state index in [0.29, 0.717) is 19.4 Å². The molecule has 0 saturated heterocycles. The highest BCUT2D eigenvalue weighted by Crippen LogP contribution is 2.15. The Balaban J connectivity index is 2.41. The molecule has 0 aliphatic rings. The molecule has 0 N–H and O–H groups in total. The Morgan fingerprint density at radius 2 is 2.11 bits per heavy atom. The van der Waals surface area contributed by atoms with Crippen molar-refractivity contribution in [1.29, 1.82) is 0 Å². The highest BCUT2D eigenvalue weighted by atomic mass is 16.5. The Hall–Kier alpha value is -1.51. The van der Waals surface area contributed by atoms with Gasteiger partial charge in [0.15, 0.2) is 0 Å². The summed E-state index contributed by atoms with van der Waals surface area (Å²) in [6.07, 6.45) is 3.31. The Morgan fingerprint density at radius 3 is 2.83 bits per heavy atom. The Morgan fingerprint density at radius 1 is 1.28 bits per heavy atom. The lowest BCUT2D eigenvalue weighted by molar-refractivity contribution is -0.143. The molecule has 0 unspecified atom stereocenters. The van der Waals surface area contributed by atoms with Gasteiger partial charge < -0.3 is 9.47 Å². The number of unbranched alkanes of at least 4 members (excludes halogenated alkanes) is 1. The molecule has 1 rings (SSSR count). The molecular formula is C15H22O3. The highest BCUT2D eigenvalue weighted by molar-refractivity contribution is 5.69. The van der Waals surface area contributed by atoms with Crippen LogP contribution in [0.5, 0.6) is 5.75 Å². The predicted octanol–water partition coefficient (Wildman–Crippen LogP) is 3.36. The van der Waals surface area contributed by atoms with Crippen LogP contribution >= 0.6 is 0 Å². The molecule has 0 atom stereocenters. The summed E-state index contributed by atoms with van der Waals surface area (Å²) < 4.78 is 10.5. The lowest BCUT2D eigenvalue weighted by Crippen LogP contribution is -2.05. The monoisotopic (exact) mass is 250 g/mol. The largest absolute Gasteiger partial charge is 0.494 e. The summed E-state index contributed by atoms with van der Waals surface area (Å²) in [7, 11) is 0. The molecule has 0 bridgehead atoms. The van der Waals surface area contributed by atoms with Crippen molar-refractivity contribution >= 4 is 5.97 Å². The third-order valence-corrected chi connectivity index (χ3v) is 2.59. The SMILES string of the molecule is CCCCOc1cccc(CCC(=O)OCC)c1. The lowest BCUT2D eigenvalue weighted by Gasteiger charge is -2.07. The van der Waals surface area contributed by atoms with Crippen molar-refractivity contribution < 1.29 is 14.3 Å². The van der Waals surface area contributed by atoms with Gasteiger partial charge in [0.1, 0.15) is 5.75 Å². The Kier molecular flexibility index (Phi) is 6.92. The smallest absolute Gasteiger partial charge is 0.306 e. The van der Waals surface area contributed by atoms with Crippen LogP contribution in [0.25, 0.3) is 0 Å². The van der Waals surface area contributed by atoms with Crippen molar-refractivity contribution in [1.82, 2.24) is 0 Å². The molecule has 3 nitrogen and oxygen atoms in total. The fraction of sp³-hybridized carbons (Fsp3) is 0.533. The van der Waals surface area contributed by atoms with Crippen LogP contribution in [0.3, 0.4) is 0 Å². The third-order valence-electron chi connectivity index (χ3n) is 2.59. The van der Waals surface area contributed by atoms with Crippen LogP contribution in [0.1, 0.15) is 38.7 Å². The van der Waals surface area contributed by atoms with Crippen LogP contribution in [0.4, 0.5) is 0 Å². The van der Waals surface area contributed by atoms with Crippen molar-refractivity contribution in [3.8, 4) is 5.75 Å². The first kappa shape index (κ1) is 14.6. The summed E-state index contributed by atoms with van der Waals surface area (Å²) in [5.74, 6) is 0.736. The average molecular weight is 250 g/mol. The van der Waals surface area contributed by atoms with Gasteiger partial charge in [-0.3, -0.25) is 4.79 Å². The van der Waals surface area contributed by atoms with Gasteiger partial charge in [-0.2, -0.15) is 0 Å². The van der Waals surface area contributed by atoms with Crippen molar-refractivity contribution in [3.05, 3.63) is 29.8 Å². The van der Waals surface area contributed by atoms with Gasteiger partial charge >= 0.3 is 5.97 Å². The minimum Gasteiger partial charge on any atom is -0.494 e. The van der Waals surface area contributed by atoms with Gasteiger partial charge in [-0.25, -0.2) is 0 Å². The first-order valence-electron chi connectivity index (χ1n) is 6.63. The van der Waals surface area contributed by atoms with Gasteiger partial charge in [-0.1, -0.05) is 25.5 Å². The molecule has 0 radical (unpaired) electrons. The second-order valence-electron chi connectivity index (χ2n) is 4.15.